The largest absolute Gasteiger partial charge is 0.397 e. The molecule has 0 amide bonds. The summed E-state index contributed by atoms with van der Waals surface area (Å²) in [7, 11) is -4.24. The topological polar surface area (TPSA) is 63.6 Å². The molecule has 0 heterocycles. The Bertz CT molecular complexity index is 281. The smallest absolute Gasteiger partial charge is 0.264 e. The van der Waals surface area contributed by atoms with E-state index in [9.17, 15) is 8.42 Å². The van der Waals surface area contributed by atoms with Crippen LogP contribution >= 0.6 is 0 Å². The van der Waals surface area contributed by atoms with E-state index in [2.05, 4.69) is 11.1 Å². The predicted molar refractivity (Wildman–Crippen MR) is 84.3 cm³/mol. The quantitative estimate of drug-likeness (QED) is 0.297. The van der Waals surface area contributed by atoms with Crippen LogP contribution < -0.4 is 0 Å². The Morgan fingerprint density at radius 3 is 1.45 bits per heavy atom. The molecule has 1 N–H and O–H groups in total. The molecule has 4 nitrogen and oxygen atoms in total. The van der Waals surface area contributed by atoms with Crippen molar-refractivity contribution in [2.24, 2.45) is 0 Å². The molecule has 0 saturated heterocycles. The van der Waals surface area contributed by atoms with Crippen molar-refractivity contribution in [1.82, 2.24) is 0 Å². The maximum absolute atomic E-state index is 10.3. The fraction of sp³-hybridized carbons (Fsp3) is 1.00. The van der Waals surface area contributed by atoms with Gasteiger partial charge in [0.1, 0.15) is 0 Å². The van der Waals surface area contributed by atoms with Gasteiger partial charge in [0.15, 0.2) is 0 Å². The summed E-state index contributed by atoms with van der Waals surface area (Å²) in [4.78, 5) is 0. The molecule has 0 fully saturated rings. The zero-order chi connectivity index (χ0) is 14.4. The molecule has 0 unspecified atom stereocenters. The first kappa shape index (κ1) is 23.1. The van der Waals surface area contributed by atoms with Crippen LogP contribution in [-0.4, -0.2) is 49.1 Å². The van der Waals surface area contributed by atoms with Crippen molar-refractivity contribution in [1.29, 1.82) is 0 Å². The molecular formula is C14H30NaO4S. The molecule has 0 atom stereocenters. The second kappa shape index (κ2) is 16.2. The SMILES string of the molecule is CCCCCCCCCCCCCCOS(=O)(=O)O.[Na]. The van der Waals surface area contributed by atoms with Crippen LogP contribution in [0.2, 0.25) is 0 Å². The summed E-state index contributed by atoms with van der Waals surface area (Å²) in [6.45, 7) is 2.33. The van der Waals surface area contributed by atoms with Crippen molar-refractivity contribution < 1.29 is 17.2 Å². The minimum atomic E-state index is -4.24. The molecule has 0 aromatic rings. The molecule has 0 aliphatic carbocycles. The Hall–Kier alpha value is 0.870. The van der Waals surface area contributed by atoms with E-state index in [1.165, 1.54) is 57.8 Å². The van der Waals surface area contributed by atoms with Gasteiger partial charge in [0.2, 0.25) is 0 Å². The molecule has 20 heavy (non-hydrogen) atoms. The Balaban J connectivity index is 0. The first-order valence-corrected chi connectivity index (χ1v) is 9.04. The molecule has 0 bridgehead atoms. The number of hydrogen-bond acceptors (Lipinski definition) is 3. The maximum atomic E-state index is 10.3. The van der Waals surface area contributed by atoms with Crippen molar-refractivity contribution in [2.45, 2.75) is 84.0 Å². The third-order valence-electron chi connectivity index (χ3n) is 3.23. The second-order valence-electron chi connectivity index (χ2n) is 5.14. The van der Waals surface area contributed by atoms with Crippen LogP contribution in [0, 0.1) is 0 Å². The van der Waals surface area contributed by atoms with Crippen LogP contribution in [0.15, 0.2) is 0 Å². The maximum Gasteiger partial charge on any atom is 0.397 e. The van der Waals surface area contributed by atoms with Gasteiger partial charge >= 0.3 is 10.4 Å². The van der Waals surface area contributed by atoms with Crippen molar-refractivity contribution in [2.75, 3.05) is 6.61 Å². The van der Waals surface area contributed by atoms with E-state index in [4.69, 9.17) is 4.55 Å². The number of rotatable bonds is 14. The van der Waals surface area contributed by atoms with Gasteiger partial charge in [0.05, 0.1) is 6.61 Å². The zero-order valence-corrected chi connectivity index (χ0v) is 16.1. The van der Waals surface area contributed by atoms with Gasteiger partial charge in [-0.3, -0.25) is 4.55 Å². The van der Waals surface area contributed by atoms with Gasteiger partial charge in [-0.1, -0.05) is 77.6 Å². The summed E-state index contributed by atoms with van der Waals surface area (Å²) < 4.78 is 33.1. The van der Waals surface area contributed by atoms with E-state index < -0.39 is 10.4 Å². The minimum Gasteiger partial charge on any atom is -0.264 e. The standard InChI is InChI=1S/C14H30O4S.Na/c1-2-3-4-5-6-7-8-9-10-11-12-13-14-18-19(15,16)17;/h2-14H2,1H3,(H,15,16,17);. The summed E-state index contributed by atoms with van der Waals surface area (Å²) in [5.74, 6) is 0. The van der Waals surface area contributed by atoms with E-state index in [0.29, 0.717) is 6.42 Å². The Morgan fingerprint density at radius 2 is 1.10 bits per heavy atom. The normalized spacial score (nSPS) is 11.3. The van der Waals surface area contributed by atoms with Gasteiger partial charge in [-0.05, 0) is 6.42 Å². The minimum absolute atomic E-state index is 0. The predicted octanol–water partition coefficient (Wildman–Crippen LogP) is 4.13. The van der Waals surface area contributed by atoms with E-state index in [1.807, 2.05) is 0 Å². The van der Waals surface area contributed by atoms with Gasteiger partial charge in [-0.15, -0.1) is 0 Å². The van der Waals surface area contributed by atoms with Crippen LogP contribution in [0.5, 0.6) is 0 Å². The summed E-state index contributed by atoms with van der Waals surface area (Å²) in [6.07, 6.45) is 14.7. The van der Waals surface area contributed by atoms with Gasteiger partial charge in [0.25, 0.3) is 0 Å². The summed E-state index contributed by atoms with van der Waals surface area (Å²) in [5.41, 5.74) is 0. The summed E-state index contributed by atoms with van der Waals surface area (Å²) in [6, 6.07) is 0. The molecule has 0 aliphatic rings. The summed E-state index contributed by atoms with van der Waals surface area (Å²) in [5, 5.41) is 0. The van der Waals surface area contributed by atoms with E-state index >= 15 is 0 Å². The average molecular weight is 317 g/mol. The van der Waals surface area contributed by atoms with Gasteiger partial charge < -0.3 is 0 Å². The molecule has 6 heteroatoms. The fourth-order valence-corrected chi connectivity index (χ4v) is 2.44. The van der Waals surface area contributed by atoms with Crippen LogP contribution in [0.1, 0.15) is 84.0 Å². The molecule has 1 radical (unpaired) electrons. The molecule has 0 saturated carbocycles. The third-order valence-corrected chi connectivity index (χ3v) is 3.69. The molecular weight excluding hydrogens is 287 g/mol. The van der Waals surface area contributed by atoms with Crippen molar-refractivity contribution in [3.63, 3.8) is 0 Å². The zero-order valence-electron chi connectivity index (χ0n) is 13.3. The Labute approximate surface area is 147 Å². The molecule has 0 aromatic heterocycles. The van der Waals surface area contributed by atoms with E-state index in [-0.39, 0.29) is 36.2 Å². The molecule has 0 aliphatic heterocycles. The van der Waals surface area contributed by atoms with Gasteiger partial charge in [-0.2, -0.15) is 8.42 Å². The van der Waals surface area contributed by atoms with E-state index in [0.717, 1.165) is 12.8 Å². The first-order chi connectivity index (χ1) is 9.06. The third kappa shape index (κ3) is 21.2. The number of hydrogen-bond donors (Lipinski definition) is 1. The fourth-order valence-electron chi connectivity index (χ4n) is 2.11. The Kier molecular flexibility index (Phi) is 18.8. The molecule has 0 aromatic carbocycles. The Morgan fingerprint density at radius 1 is 0.750 bits per heavy atom. The average Bonchev–Trinajstić information content (AvgIpc) is 2.34. The number of unbranched alkanes of at least 4 members (excludes halogenated alkanes) is 11. The van der Waals surface area contributed by atoms with Gasteiger partial charge in [-0.25, -0.2) is 4.18 Å². The van der Waals surface area contributed by atoms with Crippen LogP contribution in [0.25, 0.3) is 0 Å². The van der Waals surface area contributed by atoms with Crippen LogP contribution in [-0.2, 0) is 14.6 Å². The molecule has 0 spiro atoms. The van der Waals surface area contributed by atoms with Crippen LogP contribution in [0.3, 0.4) is 0 Å². The van der Waals surface area contributed by atoms with Gasteiger partial charge in [0, 0.05) is 29.6 Å². The van der Waals surface area contributed by atoms with Crippen LogP contribution in [0.4, 0.5) is 0 Å². The summed E-state index contributed by atoms with van der Waals surface area (Å²) >= 11 is 0. The monoisotopic (exact) mass is 317 g/mol. The second-order valence-corrected chi connectivity index (χ2v) is 6.23. The van der Waals surface area contributed by atoms with E-state index in [1.54, 1.807) is 0 Å². The molecule has 117 valence electrons. The van der Waals surface area contributed by atoms with Crippen molar-refractivity contribution in [3.8, 4) is 0 Å². The first-order valence-electron chi connectivity index (χ1n) is 7.68. The van der Waals surface area contributed by atoms with Crippen molar-refractivity contribution in [3.05, 3.63) is 0 Å². The van der Waals surface area contributed by atoms with Crippen molar-refractivity contribution >= 4 is 40.0 Å². The molecule has 0 rings (SSSR count).